The van der Waals surface area contributed by atoms with Crippen LogP contribution in [0.2, 0.25) is 0 Å². The van der Waals surface area contributed by atoms with Gasteiger partial charge in [0.1, 0.15) is 0 Å². The summed E-state index contributed by atoms with van der Waals surface area (Å²) in [6.45, 7) is 2.21. The van der Waals surface area contributed by atoms with Gasteiger partial charge in [-0.2, -0.15) is 0 Å². The summed E-state index contributed by atoms with van der Waals surface area (Å²) in [7, 11) is 0. The van der Waals surface area contributed by atoms with Gasteiger partial charge in [-0.15, -0.1) is 0 Å². The second kappa shape index (κ2) is 5.33. The van der Waals surface area contributed by atoms with Gasteiger partial charge in [-0.3, -0.25) is 4.79 Å². The van der Waals surface area contributed by atoms with Gasteiger partial charge in [0.25, 0.3) is 0 Å². The summed E-state index contributed by atoms with van der Waals surface area (Å²) in [5, 5.41) is 0. The lowest BCUT2D eigenvalue weighted by molar-refractivity contribution is -0.125. The molecule has 0 aromatic heterocycles. The molecule has 2 N–H and O–H groups in total. The molecule has 0 radical (unpaired) electrons. The van der Waals surface area contributed by atoms with E-state index in [1.807, 2.05) is 0 Å². The number of nitrogens with two attached hydrogens (primary N) is 1. The largest absolute Gasteiger partial charge is 0.319 e. The van der Waals surface area contributed by atoms with E-state index in [9.17, 15) is 4.79 Å². The number of benzene rings is 1. The number of Topliss-reactive ketones (excluding diaryl/α,β-unsaturated/α-hetero) is 1. The average molecular weight is 271 g/mol. The lowest BCUT2D eigenvalue weighted by atomic mass is 9.73. The minimum atomic E-state index is -0.573. The molecule has 1 aromatic carbocycles. The molecule has 2 nitrogen and oxygen atoms in total. The molecule has 2 heteroatoms. The van der Waals surface area contributed by atoms with Crippen molar-refractivity contribution in [3.05, 3.63) is 34.9 Å². The highest BCUT2D eigenvalue weighted by molar-refractivity contribution is 5.90. The fourth-order valence-corrected chi connectivity index (χ4v) is 3.94. The predicted octanol–water partition coefficient (Wildman–Crippen LogP) is 3.19. The van der Waals surface area contributed by atoms with Gasteiger partial charge in [0.2, 0.25) is 0 Å². The molecule has 3 rings (SSSR count). The van der Waals surface area contributed by atoms with E-state index in [0.717, 1.165) is 24.8 Å². The zero-order chi connectivity index (χ0) is 14.2. The van der Waals surface area contributed by atoms with E-state index in [-0.39, 0.29) is 5.78 Å². The van der Waals surface area contributed by atoms with E-state index in [2.05, 4.69) is 25.1 Å². The Balaban J connectivity index is 1.72. The number of hydrogen-bond acceptors (Lipinski definition) is 2. The van der Waals surface area contributed by atoms with Crippen LogP contribution in [0.3, 0.4) is 0 Å². The van der Waals surface area contributed by atoms with Crippen molar-refractivity contribution in [3.63, 3.8) is 0 Å². The zero-order valence-electron chi connectivity index (χ0n) is 12.5. The van der Waals surface area contributed by atoms with Crippen LogP contribution < -0.4 is 5.73 Å². The van der Waals surface area contributed by atoms with Crippen LogP contribution in [-0.2, 0) is 24.1 Å². The Bertz CT molecular complexity index is 522. The first-order chi connectivity index (χ1) is 9.57. The summed E-state index contributed by atoms with van der Waals surface area (Å²) in [5.41, 5.74) is 9.89. The smallest absolute Gasteiger partial charge is 0.157 e. The molecule has 0 aliphatic heterocycles. The molecule has 2 aliphatic carbocycles. The minimum Gasteiger partial charge on any atom is -0.319 e. The molecular weight excluding hydrogens is 246 g/mol. The number of fused-ring (bicyclic) bond motifs is 1. The van der Waals surface area contributed by atoms with E-state index in [0.29, 0.717) is 12.3 Å². The maximum atomic E-state index is 12.6. The second-order valence-electron chi connectivity index (χ2n) is 6.91. The highest BCUT2D eigenvalue weighted by Crippen LogP contribution is 2.32. The van der Waals surface area contributed by atoms with E-state index < -0.39 is 5.54 Å². The maximum Gasteiger partial charge on any atom is 0.157 e. The van der Waals surface area contributed by atoms with Gasteiger partial charge in [0, 0.05) is 6.42 Å². The number of hydrogen-bond donors (Lipinski definition) is 1. The monoisotopic (exact) mass is 271 g/mol. The van der Waals surface area contributed by atoms with Gasteiger partial charge < -0.3 is 5.73 Å². The van der Waals surface area contributed by atoms with Crippen LogP contribution in [-0.4, -0.2) is 11.3 Å². The minimum absolute atomic E-state index is 0.238. The van der Waals surface area contributed by atoms with Crippen LogP contribution in [0, 0.1) is 5.92 Å². The molecule has 1 aromatic rings. The van der Waals surface area contributed by atoms with E-state index in [1.54, 1.807) is 0 Å². The van der Waals surface area contributed by atoms with Crippen molar-refractivity contribution in [1.29, 1.82) is 0 Å². The lowest BCUT2D eigenvalue weighted by Crippen LogP contribution is -2.51. The zero-order valence-corrected chi connectivity index (χ0v) is 12.5. The van der Waals surface area contributed by atoms with Crippen molar-refractivity contribution >= 4 is 5.78 Å². The van der Waals surface area contributed by atoms with Crippen LogP contribution in [0.4, 0.5) is 0 Å². The average Bonchev–Trinajstić information content (AvgIpc) is 2.85. The van der Waals surface area contributed by atoms with Crippen molar-refractivity contribution < 1.29 is 4.79 Å². The molecule has 0 spiro atoms. The fraction of sp³-hybridized carbons (Fsp3) is 0.611. The summed E-state index contributed by atoms with van der Waals surface area (Å²) in [4.78, 5) is 12.6. The van der Waals surface area contributed by atoms with Gasteiger partial charge in [-0.1, -0.05) is 38.0 Å². The summed E-state index contributed by atoms with van der Waals surface area (Å²) >= 11 is 0. The number of ketones is 1. The predicted molar refractivity (Wildman–Crippen MR) is 81.7 cm³/mol. The Hall–Kier alpha value is -1.15. The highest BCUT2D eigenvalue weighted by atomic mass is 16.1. The van der Waals surface area contributed by atoms with E-state index in [4.69, 9.17) is 5.73 Å². The van der Waals surface area contributed by atoms with Crippen LogP contribution in [0.25, 0.3) is 0 Å². The van der Waals surface area contributed by atoms with Crippen molar-refractivity contribution in [2.45, 2.75) is 63.8 Å². The lowest BCUT2D eigenvalue weighted by Gasteiger charge is -2.35. The number of carbonyl (C=O) groups excluding carboxylic acids is 1. The molecule has 2 aliphatic rings. The first kappa shape index (κ1) is 13.8. The Kier molecular flexibility index (Phi) is 3.68. The standard InChI is InChI=1S/C18H25NO/c1-13-4-3-9-18(19,12-13)17(20)11-14-7-8-15-5-2-6-16(15)10-14/h7-8,10,13H,2-6,9,11-12,19H2,1H3. The summed E-state index contributed by atoms with van der Waals surface area (Å²) in [5.74, 6) is 0.819. The Morgan fingerprint density at radius 1 is 1.30 bits per heavy atom. The molecular formula is C18H25NO. The van der Waals surface area contributed by atoms with Crippen molar-refractivity contribution in [2.24, 2.45) is 11.7 Å². The van der Waals surface area contributed by atoms with Crippen LogP contribution in [0.5, 0.6) is 0 Å². The molecule has 20 heavy (non-hydrogen) atoms. The first-order valence-corrected chi connectivity index (χ1v) is 8.00. The summed E-state index contributed by atoms with van der Waals surface area (Å²) < 4.78 is 0. The molecule has 108 valence electrons. The number of rotatable bonds is 3. The van der Waals surface area contributed by atoms with Crippen LogP contribution >= 0.6 is 0 Å². The number of aryl methyl sites for hydroxylation is 2. The fourth-order valence-electron chi connectivity index (χ4n) is 3.94. The maximum absolute atomic E-state index is 12.6. The van der Waals surface area contributed by atoms with E-state index >= 15 is 0 Å². The number of carbonyl (C=O) groups is 1. The highest BCUT2D eigenvalue weighted by Gasteiger charge is 2.37. The summed E-state index contributed by atoms with van der Waals surface area (Å²) in [6, 6.07) is 6.56. The molecule has 0 bridgehead atoms. The van der Waals surface area contributed by atoms with Gasteiger partial charge >= 0.3 is 0 Å². The molecule has 1 saturated carbocycles. The van der Waals surface area contributed by atoms with Crippen molar-refractivity contribution in [1.82, 2.24) is 0 Å². The Morgan fingerprint density at radius 3 is 2.90 bits per heavy atom. The second-order valence-corrected chi connectivity index (χ2v) is 6.91. The molecule has 0 amide bonds. The van der Waals surface area contributed by atoms with Crippen molar-refractivity contribution in [3.8, 4) is 0 Å². The van der Waals surface area contributed by atoms with E-state index in [1.165, 1.54) is 36.8 Å². The molecule has 2 unspecified atom stereocenters. The van der Waals surface area contributed by atoms with Gasteiger partial charge in [0.05, 0.1) is 5.54 Å². The quantitative estimate of drug-likeness (QED) is 0.917. The SMILES string of the molecule is CC1CCCC(N)(C(=O)Cc2ccc3c(c2)CCC3)C1. The van der Waals surface area contributed by atoms with Crippen LogP contribution in [0.1, 0.15) is 55.7 Å². The normalized spacial score (nSPS) is 29.2. The molecule has 0 heterocycles. The Labute approximate surface area is 121 Å². The first-order valence-electron chi connectivity index (χ1n) is 8.00. The topological polar surface area (TPSA) is 43.1 Å². The third-order valence-electron chi connectivity index (χ3n) is 5.12. The van der Waals surface area contributed by atoms with Crippen LogP contribution in [0.15, 0.2) is 18.2 Å². The molecule has 2 atom stereocenters. The Morgan fingerprint density at radius 2 is 2.10 bits per heavy atom. The third-order valence-corrected chi connectivity index (χ3v) is 5.12. The van der Waals surface area contributed by atoms with Crippen molar-refractivity contribution in [2.75, 3.05) is 0 Å². The third kappa shape index (κ3) is 2.67. The van der Waals surface area contributed by atoms with Gasteiger partial charge in [-0.05, 0) is 54.7 Å². The molecule has 0 saturated heterocycles. The van der Waals surface area contributed by atoms with Gasteiger partial charge in [-0.25, -0.2) is 0 Å². The van der Waals surface area contributed by atoms with Gasteiger partial charge in [0.15, 0.2) is 5.78 Å². The summed E-state index contributed by atoms with van der Waals surface area (Å²) in [6.07, 6.45) is 8.15. The molecule has 1 fully saturated rings.